The molecule has 15 heavy (non-hydrogen) atoms. The zero-order valence-electron chi connectivity index (χ0n) is 8.35. The highest BCUT2D eigenvalue weighted by Crippen LogP contribution is 2.23. The zero-order chi connectivity index (χ0) is 10.8. The second-order valence-corrected chi connectivity index (χ2v) is 5.99. The summed E-state index contributed by atoms with van der Waals surface area (Å²) in [5.41, 5.74) is 6.92. The Morgan fingerprint density at radius 1 is 1.60 bits per heavy atom. The van der Waals surface area contributed by atoms with E-state index in [1.54, 1.807) is 11.3 Å². The van der Waals surface area contributed by atoms with E-state index in [-0.39, 0.29) is 6.04 Å². The van der Waals surface area contributed by atoms with Crippen LogP contribution in [0.2, 0.25) is 0 Å². The third-order valence-electron chi connectivity index (χ3n) is 2.17. The summed E-state index contributed by atoms with van der Waals surface area (Å²) in [5.74, 6) is 0. The Labute approximate surface area is 101 Å². The predicted octanol–water partition coefficient (Wildman–Crippen LogP) is 2.78. The molecule has 2 aromatic rings. The van der Waals surface area contributed by atoms with Crippen LogP contribution in [0, 0.1) is 0 Å². The van der Waals surface area contributed by atoms with Gasteiger partial charge in [0.25, 0.3) is 0 Å². The number of aromatic nitrogens is 2. The lowest BCUT2D eigenvalue weighted by Crippen LogP contribution is -2.11. The normalized spacial score (nSPS) is 13.0. The average molecular weight is 286 g/mol. The van der Waals surface area contributed by atoms with Gasteiger partial charge >= 0.3 is 0 Å². The van der Waals surface area contributed by atoms with Crippen LogP contribution in [0.15, 0.2) is 28.4 Å². The van der Waals surface area contributed by atoms with Gasteiger partial charge in [-0.3, -0.25) is 0 Å². The minimum absolute atomic E-state index is 0.0240. The molecule has 0 spiro atoms. The van der Waals surface area contributed by atoms with Crippen LogP contribution in [-0.4, -0.2) is 9.55 Å². The molecule has 0 aliphatic carbocycles. The quantitative estimate of drug-likeness (QED) is 0.943. The fourth-order valence-corrected chi connectivity index (χ4v) is 2.93. The minimum Gasteiger partial charge on any atom is -0.328 e. The molecule has 0 amide bonds. The first-order valence-corrected chi connectivity index (χ1v) is 6.27. The Hall–Kier alpha value is -0.650. The van der Waals surface area contributed by atoms with Crippen molar-refractivity contribution in [3.63, 3.8) is 0 Å². The first kappa shape index (κ1) is 10.9. The van der Waals surface area contributed by atoms with Gasteiger partial charge < -0.3 is 10.3 Å². The van der Waals surface area contributed by atoms with E-state index < -0.39 is 0 Å². The Morgan fingerprint density at radius 3 is 3.00 bits per heavy atom. The summed E-state index contributed by atoms with van der Waals surface area (Å²) in [7, 11) is 0. The van der Waals surface area contributed by atoms with E-state index in [4.69, 9.17) is 5.73 Å². The molecule has 2 rings (SSSR count). The second kappa shape index (κ2) is 4.47. The summed E-state index contributed by atoms with van der Waals surface area (Å²) in [6, 6.07) is 4.19. The van der Waals surface area contributed by atoms with Gasteiger partial charge in [-0.15, -0.1) is 11.3 Å². The van der Waals surface area contributed by atoms with Gasteiger partial charge in [0, 0.05) is 17.1 Å². The van der Waals surface area contributed by atoms with Gasteiger partial charge in [-0.25, -0.2) is 4.98 Å². The Morgan fingerprint density at radius 2 is 2.40 bits per heavy atom. The van der Waals surface area contributed by atoms with E-state index in [1.807, 2.05) is 19.4 Å². The van der Waals surface area contributed by atoms with E-state index in [1.165, 1.54) is 4.88 Å². The van der Waals surface area contributed by atoms with Gasteiger partial charge in [-0.1, -0.05) is 0 Å². The maximum atomic E-state index is 5.85. The molecule has 2 heterocycles. The third-order valence-corrected chi connectivity index (χ3v) is 3.77. The SMILES string of the molecule is C[C@@H](N)c1cncn1Cc1ccc(Br)s1. The summed E-state index contributed by atoms with van der Waals surface area (Å²) >= 11 is 5.19. The number of hydrogen-bond donors (Lipinski definition) is 1. The van der Waals surface area contributed by atoms with Crippen LogP contribution >= 0.6 is 27.3 Å². The minimum atomic E-state index is 0.0240. The number of hydrogen-bond acceptors (Lipinski definition) is 3. The largest absolute Gasteiger partial charge is 0.328 e. The number of nitrogens with zero attached hydrogens (tertiary/aromatic N) is 2. The van der Waals surface area contributed by atoms with Gasteiger partial charge in [0.1, 0.15) is 0 Å². The molecular formula is C10H12BrN3S. The monoisotopic (exact) mass is 285 g/mol. The summed E-state index contributed by atoms with van der Waals surface area (Å²) in [4.78, 5) is 5.42. The van der Waals surface area contributed by atoms with E-state index in [0.29, 0.717) is 0 Å². The van der Waals surface area contributed by atoms with Crippen molar-refractivity contribution in [2.75, 3.05) is 0 Å². The van der Waals surface area contributed by atoms with Gasteiger partial charge in [0.15, 0.2) is 0 Å². The molecule has 0 saturated heterocycles. The number of halogens is 1. The number of rotatable bonds is 3. The van der Waals surface area contributed by atoms with Gasteiger partial charge in [0.05, 0.1) is 22.4 Å². The molecule has 1 atom stereocenters. The van der Waals surface area contributed by atoms with Crippen molar-refractivity contribution >= 4 is 27.3 Å². The fraction of sp³-hybridized carbons (Fsp3) is 0.300. The molecule has 2 N–H and O–H groups in total. The Balaban J connectivity index is 2.20. The standard InChI is InChI=1S/C10H12BrN3S/c1-7(12)9-4-13-6-14(9)5-8-2-3-10(11)15-8/h2-4,6-7H,5,12H2,1H3/t7-/m1/s1. The zero-order valence-corrected chi connectivity index (χ0v) is 10.8. The van der Waals surface area contributed by atoms with Crippen molar-refractivity contribution in [2.45, 2.75) is 19.5 Å². The molecule has 2 aromatic heterocycles. The van der Waals surface area contributed by atoms with Gasteiger partial charge in [0.2, 0.25) is 0 Å². The van der Waals surface area contributed by atoms with Crippen LogP contribution in [0.3, 0.4) is 0 Å². The number of imidazole rings is 1. The first-order chi connectivity index (χ1) is 7.16. The first-order valence-electron chi connectivity index (χ1n) is 4.66. The molecule has 5 heteroatoms. The van der Waals surface area contributed by atoms with Crippen LogP contribution in [-0.2, 0) is 6.54 Å². The molecule has 0 aliphatic rings. The van der Waals surface area contributed by atoms with Crippen molar-refractivity contribution in [1.29, 1.82) is 0 Å². The highest BCUT2D eigenvalue weighted by atomic mass is 79.9. The summed E-state index contributed by atoms with van der Waals surface area (Å²) in [6.45, 7) is 2.81. The van der Waals surface area contributed by atoms with E-state index in [0.717, 1.165) is 16.0 Å². The van der Waals surface area contributed by atoms with Crippen LogP contribution in [0.4, 0.5) is 0 Å². The van der Waals surface area contributed by atoms with Crippen molar-refractivity contribution in [2.24, 2.45) is 5.73 Å². The van der Waals surface area contributed by atoms with Crippen molar-refractivity contribution in [3.8, 4) is 0 Å². The Bertz CT molecular complexity index is 447. The Kier molecular flexibility index (Phi) is 3.23. The van der Waals surface area contributed by atoms with Gasteiger partial charge in [-0.05, 0) is 35.0 Å². The molecule has 0 bridgehead atoms. The molecule has 3 nitrogen and oxygen atoms in total. The topological polar surface area (TPSA) is 43.8 Å². The van der Waals surface area contributed by atoms with Gasteiger partial charge in [-0.2, -0.15) is 0 Å². The molecule has 0 unspecified atom stereocenters. The average Bonchev–Trinajstić information content (AvgIpc) is 2.75. The summed E-state index contributed by atoms with van der Waals surface area (Å²) in [6.07, 6.45) is 3.65. The molecule has 0 saturated carbocycles. The van der Waals surface area contributed by atoms with Crippen molar-refractivity contribution in [3.05, 3.63) is 39.0 Å². The summed E-state index contributed by atoms with van der Waals surface area (Å²) in [5, 5.41) is 0. The van der Waals surface area contributed by atoms with Crippen molar-refractivity contribution in [1.82, 2.24) is 9.55 Å². The lowest BCUT2D eigenvalue weighted by molar-refractivity contribution is 0.679. The fourth-order valence-electron chi connectivity index (χ4n) is 1.45. The van der Waals surface area contributed by atoms with E-state index in [9.17, 15) is 0 Å². The van der Waals surface area contributed by atoms with E-state index in [2.05, 4.69) is 37.6 Å². The van der Waals surface area contributed by atoms with Crippen LogP contribution in [0.25, 0.3) is 0 Å². The smallest absolute Gasteiger partial charge is 0.0952 e. The molecule has 0 aromatic carbocycles. The summed E-state index contributed by atoms with van der Waals surface area (Å²) < 4.78 is 3.24. The number of nitrogens with two attached hydrogens (primary N) is 1. The van der Waals surface area contributed by atoms with Crippen molar-refractivity contribution < 1.29 is 0 Å². The highest BCUT2D eigenvalue weighted by Gasteiger charge is 2.07. The lowest BCUT2D eigenvalue weighted by atomic mass is 10.2. The second-order valence-electron chi connectivity index (χ2n) is 3.44. The van der Waals surface area contributed by atoms with Crippen LogP contribution in [0.5, 0.6) is 0 Å². The molecule has 0 radical (unpaired) electrons. The van der Waals surface area contributed by atoms with Crippen LogP contribution < -0.4 is 5.73 Å². The lowest BCUT2D eigenvalue weighted by Gasteiger charge is -2.09. The molecule has 0 fully saturated rings. The number of thiophene rings is 1. The molecule has 80 valence electrons. The maximum Gasteiger partial charge on any atom is 0.0952 e. The van der Waals surface area contributed by atoms with E-state index >= 15 is 0 Å². The van der Waals surface area contributed by atoms with Crippen LogP contribution in [0.1, 0.15) is 23.5 Å². The maximum absolute atomic E-state index is 5.85. The predicted molar refractivity (Wildman–Crippen MR) is 66.0 cm³/mol. The highest BCUT2D eigenvalue weighted by molar-refractivity contribution is 9.11. The molecule has 0 aliphatic heterocycles. The third kappa shape index (κ3) is 2.48. The molecular weight excluding hydrogens is 274 g/mol.